The first-order valence-electron chi connectivity index (χ1n) is 5.13. The Bertz CT molecular complexity index is 762. The average molecular weight is 299 g/mol. The molecule has 0 saturated carbocycles. The second-order valence-corrected chi connectivity index (χ2v) is 4.32. The van der Waals surface area contributed by atoms with Gasteiger partial charge < -0.3 is 9.72 Å². The summed E-state index contributed by atoms with van der Waals surface area (Å²) in [6.07, 6.45) is 1.44. The molecule has 3 aromatic rings. The maximum absolute atomic E-state index is 13.0. The van der Waals surface area contributed by atoms with Gasteiger partial charge in [0, 0.05) is 0 Å². The van der Waals surface area contributed by atoms with Gasteiger partial charge in [0.15, 0.2) is 5.65 Å². The van der Waals surface area contributed by atoms with E-state index in [2.05, 4.69) is 19.9 Å². The molecular weight excluding hydrogens is 294 g/mol. The van der Waals surface area contributed by atoms with Crippen molar-refractivity contribution in [3.05, 3.63) is 40.6 Å². The quantitative estimate of drug-likeness (QED) is 0.734. The van der Waals surface area contributed by atoms with Gasteiger partial charge in [0.25, 0.3) is 0 Å². The summed E-state index contributed by atoms with van der Waals surface area (Å²) in [4.78, 5) is 14.6. The minimum atomic E-state index is -0.454. The van der Waals surface area contributed by atoms with E-state index >= 15 is 0 Å². The molecule has 1 N–H and O–H groups in total. The van der Waals surface area contributed by atoms with Crippen LogP contribution in [0.5, 0.6) is 11.6 Å². The van der Waals surface area contributed by atoms with E-state index in [0.29, 0.717) is 11.2 Å². The summed E-state index contributed by atoms with van der Waals surface area (Å²) in [5.74, 6) is -0.0282. The molecule has 5 nitrogen and oxygen atoms in total. The Labute approximate surface area is 116 Å². The van der Waals surface area contributed by atoms with Crippen LogP contribution in [0.2, 0.25) is 10.3 Å². The highest BCUT2D eigenvalue weighted by Crippen LogP contribution is 2.31. The SMILES string of the molecule is Fc1ccc(Oc2nc(Cl)nc3nc[nH]c23)c(Cl)c1. The van der Waals surface area contributed by atoms with Gasteiger partial charge in [0.1, 0.15) is 17.1 Å². The van der Waals surface area contributed by atoms with Crippen molar-refractivity contribution in [1.82, 2.24) is 19.9 Å². The lowest BCUT2D eigenvalue weighted by Crippen LogP contribution is -1.93. The number of rotatable bonds is 2. The lowest BCUT2D eigenvalue weighted by molar-refractivity contribution is 0.465. The highest BCUT2D eigenvalue weighted by atomic mass is 35.5. The number of benzene rings is 1. The number of hydrogen-bond donors (Lipinski definition) is 1. The topological polar surface area (TPSA) is 63.7 Å². The van der Waals surface area contributed by atoms with Crippen LogP contribution in [-0.2, 0) is 0 Å². The monoisotopic (exact) mass is 298 g/mol. The summed E-state index contributed by atoms with van der Waals surface area (Å²) in [5.41, 5.74) is 0.845. The Morgan fingerprint density at radius 3 is 2.84 bits per heavy atom. The number of aromatic amines is 1. The van der Waals surface area contributed by atoms with Crippen LogP contribution < -0.4 is 4.74 Å². The predicted octanol–water partition coefficient (Wildman–Crippen LogP) is 3.59. The third kappa shape index (κ3) is 2.32. The normalized spacial score (nSPS) is 10.9. The van der Waals surface area contributed by atoms with Crippen LogP contribution in [0.3, 0.4) is 0 Å². The minimum absolute atomic E-state index is 0.00664. The second-order valence-electron chi connectivity index (χ2n) is 3.58. The number of H-pyrrole nitrogens is 1. The van der Waals surface area contributed by atoms with Gasteiger partial charge in [-0.25, -0.2) is 9.37 Å². The Kier molecular flexibility index (Phi) is 2.96. The molecular formula is C11H5Cl2FN4O. The molecule has 0 aliphatic rings. The lowest BCUT2D eigenvalue weighted by atomic mass is 10.3. The molecule has 96 valence electrons. The lowest BCUT2D eigenvalue weighted by Gasteiger charge is -2.07. The molecule has 0 spiro atoms. The number of aromatic nitrogens is 4. The Balaban J connectivity index is 2.07. The molecule has 0 radical (unpaired) electrons. The van der Waals surface area contributed by atoms with Crippen molar-refractivity contribution in [3.8, 4) is 11.6 Å². The number of nitrogens with one attached hydrogen (secondary N) is 1. The molecule has 3 rings (SSSR count). The number of hydrogen-bond acceptors (Lipinski definition) is 4. The van der Waals surface area contributed by atoms with E-state index in [-0.39, 0.29) is 21.9 Å². The zero-order chi connectivity index (χ0) is 13.4. The highest BCUT2D eigenvalue weighted by molar-refractivity contribution is 6.32. The molecule has 19 heavy (non-hydrogen) atoms. The zero-order valence-electron chi connectivity index (χ0n) is 9.19. The standard InChI is InChI=1S/C11H5Cl2FN4O/c12-6-3-5(14)1-2-7(6)19-10-8-9(16-4-15-8)17-11(13)18-10/h1-4H,(H,15,16,17,18). The van der Waals surface area contributed by atoms with E-state index in [9.17, 15) is 4.39 Å². The molecule has 0 unspecified atom stereocenters. The summed E-state index contributed by atoms with van der Waals surface area (Å²) in [6, 6.07) is 3.77. The van der Waals surface area contributed by atoms with Gasteiger partial charge in [-0.05, 0) is 29.8 Å². The van der Waals surface area contributed by atoms with Crippen molar-refractivity contribution in [3.63, 3.8) is 0 Å². The van der Waals surface area contributed by atoms with Gasteiger partial charge >= 0.3 is 0 Å². The molecule has 8 heteroatoms. The molecule has 0 fully saturated rings. The number of halogens is 3. The van der Waals surface area contributed by atoms with Crippen molar-refractivity contribution in [2.24, 2.45) is 0 Å². The number of imidazole rings is 1. The Morgan fingerprint density at radius 2 is 2.05 bits per heavy atom. The molecule has 0 bridgehead atoms. The molecule has 0 atom stereocenters. The van der Waals surface area contributed by atoms with Crippen LogP contribution in [0.25, 0.3) is 11.2 Å². The van der Waals surface area contributed by atoms with E-state index in [1.54, 1.807) is 0 Å². The Morgan fingerprint density at radius 1 is 1.21 bits per heavy atom. The maximum atomic E-state index is 13.0. The first kappa shape index (κ1) is 12.1. The van der Waals surface area contributed by atoms with E-state index in [1.807, 2.05) is 0 Å². The van der Waals surface area contributed by atoms with E-state index in [0.717, 1.165) is 6.07 Å². The van der Waals surface area contributed by atoms with Gasteiger partial charge in [-0.1, -0.05) is 11.6 Å². The largest absolute Gasteiger partial charge is 0.435 e. The first-order valence-corrected chi connectivity index (χ1v) is 5.88. The van der Waals surface area contributed by atoms with Crippen molar-refractivity contribution in [1.29, 1.82) is 0 Å². The van der Waals surface area contributed by atoms with Crippen LogP contribution in [0.15, 0.2) is 24.5 Å². The van der Waals surface area contributed by atoms with E-state index in [4.69, 9.17) is 27.9 Å². The van der Waals surface area contributed by atoms with E-state index in [1.165, 1.54) is 18.5 Å². The summed E-state index contributed by atoms with van der Waals surface area (Å²) < 4.78 is 18.5. The fourth-order valence-corrected chi connectivity index (χ4v) is 1.88. The average Bonchev–Trinajstić information content (AvgIpc) is 2.80. The maximum Gasteiger partial charge on any atom is 0.250 e. The minimum Gasteiger partial charge on any atom is -0.435 e. The summed E-state index contributed by atoms with van der Waals surface area (Å²) in [7, 11) is 0. The Hall–Kier alpha value is -1.92. The van der Waals surface area contributed by atoms with Crippen LogP contribution in [0, 0.1) is 5.82 Å². The van der Waals surface area contributed by atoms with Crippen molar-refractivity contribution >= 4 is 34.4 Å². The fourth-order valence-electron chi connectivity index (χ4n) is 1.52. The smallest absolute Gasteiger partial charge is 0.250 e. The van der Waals surface area contributed by atoms with Gasteiger partial charge in [-0.15, -0.1) is 0 Å². The molecule has 0 aliphatic heterocycles. The molecule has 1 aromatic carbocycles. The summed E-state index contributed by atoms with van der Waals surface area (Å²) in [6.45, 7) is 0. The molecule has 0 saturated heterocycles. The van der Waals surface area contributed by atoms with Crippen LogP contribution in [0.1, 0.15) is 0 Å². The van der Waals surface area contributed by atoms with Gasteiger partial charge in [0.05, 0.1) is 11.3 Å². The van der Waals surface area contributed by atoms with E-state index < -0.39 is 5.82 Å². The number of fused-ring (bicyclic) bond motifs is 1. The summed E-state index contributed by atoms with van der Waals surface area (Å²) >= 11 is 11.6. The zero-order valence-corrected chi connectivity index (χ0v) is 10.7. The molecule has 2 heterocycles. The van der Waals surface area contributed by atoms with Crippen molar-refractivity contribution < 1.29 is 9.13 Å². The van der Waals surface area contributed by atoms with Crippen molar-refractivity contribution in [2.45, 2.75) is 0 Å². The molecule has 2 aromatic heterocycles. The van der Waals surface area contributed by atoms with Crippen LogP contribution in [-0.4, -0.2) is 19.9 Å². The second kappa shape index (κ2) is 4.64. The first-order chi connectivity index (χ1) is 9.13. The molecule has 0 aliphatic carbocycles. The van der Waals surface area contributed by atoms with Gasteiger partial charge in [-0.3, -0.25) is 0 Å². The fraction of sp³-hybridized carbons (Fsp3) is 0. The van der Waals surface area contributed by atoms with Crippen LogP contribution >= 0.6 is 23.2 Å². The molecule has 0 amide bonds. The highest BCUT2D eigenvalue weighted by Gasteiger charge is 2.13. The third-order valence-corrected chi connectivity index (χ3v) is 2.79. The van der Waals surface area contributed by atoms with Gasteiger partial charge in [0.2, 0.25) is 11.2 Å². The summed E-state index contributed by atoms with van der Waals surface area (Å²) in [5, 5.41) is 0.121. The van der Waals surface area contributed by atoms with Crippen molar-refractivity contribution in [2.75, 3.05) is 0 Å². The number of ether oxygens (including phenoxy) is 1. The number of nitrogens with zero attached hydrogens (tertiary/aromatic N) is 3. The third-order valence-electron chi connectivity index (χ3n) is 2.33. The predicted molar refractivity (Wildman–Crippen MR) is 68.2 cm³/mol. The van der Waals surface area contributed by atoms with Crippen LogP contribution in [0.4, 0.5) is 4.39 Å². The van der Waals surface area contributed by atoms with Gasteiger partial charge in [-0.2, -0.15) is 9.97 Å².